The summed E-state index contributed by atoms with van der Waals surface area (Å²) in [7, 11) is 0. The molecule has 86 valence electrons. The molecule has 0 fully saturated rings. The van der Waals surface area contributed by atoms with Crippen LogP contribution in [0.5, 0.6) is 0 Å². The molecule has 0 rings (SSSR count). The summed E-state index contributed by atoms with van der Waals surface area (Å²) in [6, 6.07) is 0. The third-order valence-corrected chi connectivity index (χ3v) is 1.41. The van der Waals surface area contributed by atoms with Crippen molar-refractivity contribution in [1.29, 1.82) is 0 Å². The summed E-state index contributed by atoms with van der Waals surface area (Å²) in [5.41, 5.74) is 0. The molecule has 0 saturated carbocycles. The Hall–Kier alpha value is -0.0800. The lowest BCUT2D eigenvalue weighted by Crippen LogP contribution is -2.85. The Labute approximate surface area is 90.9 Å². The molecule has 0 bridgehead atoms. The summed E-state index contributed by atoms with van der Waals surface area (Å²) in [6.07, 6.45) is -5.19. The molecule has 0 aliphatic carbocycles. The van der Waals surface area contributed by atoms with Crippen LogP contribution < -0.4 is 10.4 Å². The number of carboxylic acid groups (broad SMARTS) is 1. The van der Waals surface area contributed by atoms with Gasteiger partial charge in [0.2, 0.25) is 0 Å². The zero-order chi connectivity index (χ0) is 11.6. The number of rotatable bonds is 4. The van der Waals surface area contributed by atoms with Gasteiger partial charge in [0.05, 0.1) is 13.1 Å². The fourth-order valence-electron chi connectivity index (χ4n) is 0.327. The molecular weight excluding hydrogens is 239 g/mol. The number of alkyl halides is 3. The summed E-state index contributed by atoms with van der Waals surface area (Å²) in [4.78, 5) is 8.78. The van der Waals surface area contributed by atoms with Crippen molar-refractivity contribution in [1.82, 2.24) is 0 Å². The van der Waals surface area contributed by atoms with E-state index in [-0.39, 0.29) is 0 Å². The van der Waals surface area contributed by atoms with E-state index < -0.39 is 12.1 Å². The van der Waals surface area contributed by atoms with Crippen LogP contribution in [0.2, 0.25) is 0 Å². The third-order valence-electron chi connectivity index (χ3n) is 0.898. The standard InChI is InChI=1S/C4H11NS2.C2HF3O2/c6-3-1-5-2-4-7;3-2(4,5)1(6)7/h5-7H,1-4H2;(H,6,7). The number of hydrogen-bond donors (Lipinski definition) is 3. The summed E-state index contributed by atoms with van der Waals surface area (Å²) in [5, 5.41) is 11.0. The van der Waals surface area contributed by atoms with Crippen LogP contribution in [0, 0.1) is 0 Å². The third kappa shape index (κ3) is 14.4. The number of quaternary nitrogens is 1. The molecule has 0 radical (unpaired) electrons. The van der Waals surface area contributed by atoms with Crippen LogP contribution in [0.15, 0.2) is 0 Å². The highest BCUT2D eigenvalue weighted by Gasteiger charge is 2.28. The fraction of sp³-hybridized carbons (Fsp3) is 0.833. The lowest BCUT2D eigenvalue weighted by Gasteiger charge is -2.03. The van der Waals surface area contributed by atoms with Gasteiger partial charge in [0.15, 0.2) is 0 Å². The minimum Gasteiger partial charge on any atom is -0.542 e. The van der Waals surface area contributed by atoms with Crippen molar-refractivity contribution in [2.75, 3.05) is 24.6 Å². The SMILES string of the molecule is O=C([O-])C(F)(F)F.SCC[NH2+]CCS. The highest BCUT2D eigenvalue weighted by Crippen LogP contribution is 2.11. The second kappa shape index (κ2) is 9.47. The number of aliphatic carboxylic acids is 1. The molecule has 0 amide bonds. The topological polar surface area (TPSA) is 56.7 Å². The van der Waals surface area contributed by atoms with Gasteiger partial charge < -0.3 is 15.2 Å². The largest absolute Gasteiger partial charge is 0.542 e. The average molecular weight is 251 g/mol. The summed E-state index contributed by atoms with van der Waals surface area (Å²) in [5.74, 6) is -1.07. The van der Waals surface area contributed by atoms with E-state index in [2.05, 4.69) is 30.6 Å². The van der Waals surface area contributed by atoms with Gasteiger partial charge in [-0.2, -0.15) is 38.4 Å². The lowest BCUT2D eigenvalue weighted by molar-refractivity contribution is -0.646. The first-order valence-electron chi connectivity index (χ1n) is 3.67. The maximum absolute atomic E-state index is 10.5. The Bertz CT molecular complexity index is 151. The summed E-state index contributed by atoms with van der Waals surface area (Å²) in [6.45, 7) is 2.23. The second-order valence-electron chi connectivity index (χ2n) is 2.10. The van der Waals surface area contributed by atoms with Gasteiger partial charge in [-0.25, -0.2) is 0 Å². The molecule has 8 heteroatoms. The molecule has 14 heavy (non-hydrogen) atoms. The first kappa shape index (κ1) is 16.4. The van der Waals surface area contributed by atoms with Gasteiger partial charge >= 0.3 is 6.18 Å². The highest BCUT2D eigenvalue weighted by atomic mass is 32.1. The van der Waals surface area contributed by atoms with E-state index in [1.54, 1.807) is 0 Å². The molecular formula is C6H12F3NO2S2. The maximum Gasteiger partial charge on any atom is 0.430 e. The second-order valence-corrected chi connectivity index (χ2v) is 2.99. The van der Waals surface area contributed by atoms with Crippen LogP contribution in [0.25, 0.3) is 0 Å². The highest BCUT2D eigenvalue weighted by molar-refractivity contribution is 7.80. The minimum atomic E-state index is -5.19. The molecule has 0 aromatic heterocycles. The number of nitrogens with two attached hydrogens (primary N) is 1. The smallest absolute Gasteiger partial charge is 0.430 e. The molecule has 2 N–H and O–H groups in total. The zero-order valence-corrected chi connectivity index (χ0v) is 9.04. The number of thiol groups is 2. The zero-order valence-electron chi connectivity index (χ0n) is 7.25. The lowest BCUT2D eigenvalue weighted by atomic mass is 10.7. The van der Waals surface area contributed by atoms with Gasteiger partial charge in [-0.15, -0.1) is 0 Å². The van der Waals surface area contributed by atoms with Gasteiger partial charge in [-0.3, -0.25) is 0 Å². The van der Waals surface area contributed by atoms with Crippen LogP contribution in [-0.2, 0) is 4.79 Å². The minimum absolute atomic E-state index is 0.966. The quantitative estimate of drug-likeness (QED) is 0.430. The van der Waals surface area contributed by atoms with E-state index in [0.717, 1.165) is 24.6 Å². The molecule has 0 aliphatic heterocycles. The number of carbonyl (C=O) groups excluding carboxylic acids is 1. The molecule has 0 atom stereocenters. The van der Waals surface area contributed by atoms with E-state index in [1.807, 2.05) is 0 Å². The Morgan fingerprint density at radius 2 is 1.50 bits per heavy atom. The van der Waals surface area contributed by atoms with Crippen LogP contribution in [0.4, 0.5) is 13.2 Å². The molecule has 0 aromatic rings. The number of carbonyl (C=O) groups is 1. The van der Waals surface area contributed by atoms with E-state index in [0.29, 0.717) is 0 Å². The molecule has 0 heterocycles. The van der Waals surface area contributed by atoms with Gasteiger partial charge in [-0.05, 0) is 0 Å². The van der Waals surface area contributed by atoms with Gasteiger partial charge in [0.1, 0.15) is 5.97 Å². The molecule has 0 aliphatic rings. The number of halogens is 3. The Morgan fingerprint density at radius 1 is 1.21 bits per heavy atom. The molecule has 0 saturated heterocycles. The van der Waals surface area contributed by atoms with E-state index in [1.165, 1.54) is 0 Å². The monoisotopic (exact) mass is 251 g/mol. The first-order chi connectivity index (χ1) is 6.36. The first-order valence-corrected chi connectivity index (χ1v) is 4.94. The molecule has 0 aromatic carbocycles. The van der Waals surface area contributed by atoms with Crippen molar-refractivity contribution in [2.45, 2.75) is 6.18 Å². The van der Waals surface area contributed by atoms with Crippen LogP contribution in [0.3, 0.4) is 0 Å². The van der Waals surface area contributed by atoms with Gasteiger partial charge in [0.25, 0.3) is 0 Å². The normalized spacial score (nSPS) is 10.4. The molecule has 3 nitrogen and oxygen atoms in total. The van der Waals surface area contributed by atoms with Crippen molar-refractivity contribution in [2.24, 2.45) is 0 Å². The average Bonchev–Trinajstić information content (AvgIpc) is 2.05. The fourth-order valence-corrected chi connectivity index (χ4v) is 0.692. The van der Waals surface area contributed by atoms with Crippen molar-refractivity contribution in [3.8, 4) is 0 Å². The Kier molecular flexibility index (Phi) is 11.1. The van der Waals surface area contributed by atoms with Crippen LogP contribution in [-0.4, -0.2) is 36.7 Å². The van der Waals surface area contributed by atoms with Gasteiger partial charge in [0, 0.05) is 11.5 Å². The summed E-state index contributed by atoms with van der Waals surface area (Å²) < 4.78 is 31.5. The summed E-state index contributed by atoms with van der Waals surface area (Å²) >= 11 is 8.07. The van der Waals surface area contributed by atoms with Gasteiger partial charge in [-0.1, -0.05) is 0 Å². The predicted octanol–water partition coefficient (Wildman–Crippen LogP) is -1.29. The van der Waals surface area contributed by atoms with Crippen molar-refractivity contribution in [3.63, 3.8) is 0 Å². The number of carboxylic acids is 1. The van der Waals surface area contributed by atoms with Crippen molar-refractivity contribution >= 4 is 31.2 Å². The maximum atomic E-state index is 10.5. The van der Waals surface area contributed by atoms with E-state index in [9.17, 15) is 13.2 Å². The number of hydrogen-bond acceptors (Lipinski definition) is 4. The Morgan fingerprint density at radius 3 is 1.64 bits per heavy atom. The van der Waals surface area contributed by atoms with E-state index in [4.69, 9.17) is 9.90 Å². The van der Waals surface area contributed by atoms with E-state index >= 15 is 0 Å². The van der Waals surface area contributed by atoms with Crippen molar-refractivity contribution < 1.29 is 28.4 Å². The van der Waals surface area contributed by atoms with Crippen LogP contribution >= 0.6 is 25.3 Å². The van der Waals surface area contributed by atoms with Crippen LogP contribution in [0.1, 0.15) is 0 Å². The predicted molar refractivity (Wildman–Crippen MR) is 50.4 cm³/mol. The Balaban J connectivity index is 0. The van der Waals surface area contributed by atoms with Crippen molar-refractivity contribution in [3.05, 3.63) is 0 Å². The molecule has 0 spiro atoms. The molecule has 0 unspecified atom stereocenters.